The van der Waals surface area contributed by atoms with E-state index in [0.29, 0.717) is 0 Å². The molecule has 0 saturated carbocycles. The first kappa shape index (κ1) is 19.9. The zero-order chi connectivity index (χ0) is 20.2. The summed E-state index contributed by atoms with van der Waals surface area (Å²) in [7, 11) is 0. The highest BCUT2D eigenvalue weighted by Crippen LogP contribution is 2.50. The minimum absolute atomic E-state index is 1.10. The number of carbonyl (C=O) groups excluding carboxylic acids is 2. The second-order valence-electron chi connectivity index (χ2n) is 6.89. The quantitative estimate of drug-likeness (QED) is 0.254. The Hall–Kier alpha value is -2.39. The molecule has 0 N–H and O–H groups in total. The summed E-state index contributed by atoms with van der Waals surface area (Å²) in [6, 6.07) is 0. The van der Waals surface area contributed by atoms with Gasteiger partial charge in [0.25, 0.3) is 0 Å². The van der Waals surface area contributed by atoms with E-state index in [4.69, 9.17) is 9.47 Å². The number of benzene rings is 1. The van der Waals surface area contributed by atoms with Gasteiger partial charge in [0, 0.05) is 0 Å². The second kappa shape index (κ2) is 5.82. The maximum absolute atomic E-state index is 13.8. The van der Waals surface area contributed by atoms with Crippen molar-refractivity contribution in [2.75, 3.05) is 0 Å². The van der Waals surface area contributed by atoms with E-state index in [1.54, 1.807) is 0 Å². The van der Waals surface area contributed by atoms with E-state index in [0.717, 1.165) is 0 Å². The van der Waals surface area contributed by atoms with Gasteiger partial charge < -0.3 is 14.2 Å². The Kier molecular flexibility index (Phi) is 4.46. The summed E-state index contributed by atoms with van der Waals surface area (Å²) >= 11 is 0. The molecule has 1 aliphatic heterocycles. The minimum Gasteiger partial charge on any atom is -0.427 e. The Morgan fingerprint density at radius 1 is 0.769 bits per heavy atom. The molecule has 0 aromatic heterocycles. The second-order valence-corrected chi connectivity index (χ2v) is 6.89. The van der Waals surface area contributed by atoms with Crippen molar-refractivity contribution in [3.05, 3.63) is 29.1 Å². The number of rotatable bonds is 2. The lowest BCUT2D eigenvalue weighted by atomic mass is 9.64. The van der Waals surface area contributed by atoms with Crippen molar-refractivity contribution in [1.82, 2.24) is 0 Å². The number of hydrogen-bond donors (Lipinski definition) is 0. The van der Waals surface area contributed by atoms with Crippen LogP contribution in [-0.2, 0) is 14.3 Å². The maximum atomic E-state index is 13.8. The fourth-order valence-electron chi connectivity index (χ4n) is 2.73. The summed E-state index contributed by atoms with van der Waals surface area (Å²) in [6.45, 7) is 6.47. The van der Waals surface area contributed by atoms with Crippen molar-refractivity contribution in [3.8, 4) is 5.75 Å². The maximum Gasteiger partial charge on any atom is 0.509 e. The Morgan fingerprint density at radius 2 is 1.12 bits per heavy atom. The lowest BCUT2D eigenvalue weighted by Gasteiger charge is -2.52. The van der Waals surface area contributed by atoms with Crippen LogP contribution in [-0.4, -0.2) is 23.3 Å². The average Bonchev–Trinajstić information content (AvgIpc) is 2.51. The van der Waals surface area contributed by atoms with Gasteiger partial charge in [-0.2, -0.15) is 8.78 Å². The van der Waals surface area contributed by atoms with Crippen LogP contribution >= 0.6 is 0 Å². The number of cyclic esters (lactones) is 2. The first-order valence-electron chi connectivity index (χ1n) is 7.33. The molecule has 144 valence electrons. The average molecular weight is 382 g/mol. The molecular weight excluding hydrogens is 367 g/mol. The fraction of sp³-hybridized carbons (Fsp3) is 0.500. The molecule has 1 aliphatic rings. The lowest BCUT2D eigenvalue weighted by Crippen LogP contribution is -2.67. The van der Waals surface area contributed by atoms with E-state index in [9.17, 15) is 31.5 Å². The third-order valence-corrected chi connectivity index (χ3v) is 4.86. The van der Waals surface area contributed by atoms with Gasteiger partial charge in [-0.3, -0.25) is 4.79 Å². The molecule has 2 rings (SSSR count). The molecule has 1 saturated heterocycles. The summed E-state index contributed by atoms with van der Waals surface area (Å²) in [5.74, 6) is -14.7. The van der Waals surface area contributed by atoms with Gasteiger partial charge in [-0.25, -0.2) is 18.0 Å². The van der Waals surface area contributed by atoms with E-state index in [1.807, 2.05) is 0 Å². The zero-order valence-corrected chi connectivity index (χ0v) is 14.4. The van der Waals surface area contributed by atoms with Crippen molar-refractivity contribution in [2.45, 2.75) is 45.8 Å². The first-order chi connectivity index (χ1) is 11.7. The first-order valence-corrected chi connectivity index (χ1v) is 7.33. The molecule has 10 heteroatoms. The number of carbonyl (C=O) groups is 2. The van der Waals surface area contributed by atoms with E-state index in [2.05, 4.69) is 4.74 Å². The predicted molar refractivity (Wildman–Crippen MR) is 75.7 cm³/mol. The number of esters is 1. The van der Waals surface area contributed by atoms with Crippen LogP contribution in [0.3, 0.4) is 0 Å². The predicted octanol–water partition coefficient (Wildman–Crippen LogP) is 4.02. The fourth-order valence-corrected chi connectivity index (χ4v) is 2.73. The van der Waals surface area contributed by atoms with Crippen LogP contribution in [0.4, 0.5) is 26.7 Å². The third-order valence-electron chi connectivity index (χ3n) is 4.86. The zero-order valence-electron chi connectivity index (χ0n) is 14.4. The lowest BCUT2D eigenvalue weighted by molar-refractivity contribution is -0.231. The Labute approximate surface area is 145 Å². The van der Waals surface area contributed by atoms with Crippen LogP contribution in [0.5, 0.6) is 5.75 Å². The summed E-state index contributed by atoms with van der Waals surface area (Å²) in [5, 5.41) is 0. The molecule has 26 heavy (non-hydrogen) atoms. The Bertz CT molecular complexity index is 754. The van der Waals surface area contributed by atoms with Gasteiger partial charge in [0.1, 0.15) is 16.6 Å². The molecule has 1 aromatic carbocycles. The normalized spacial score (nSPS) is 20.2. The van der Waals surface area contributed by atoms with Crippen LogP contribution in [0.25, 0.3) is 0 Å². The summed E-state index contributed by atoms with van der Waals surface area (Å²) < 4.78 is 81.7. The van der Waals surface area contributed by atoms with Crippen LogP contribution < -0.4 is 4.74 Å². The Morgan fingerprint density at radius 3 is 1.50 bits per heavy atom. The highest BCUT2D eigenvalue weighted by atomic mass is 19.2. The summed E-state index contributed by atoms with van der Waals surface area (Å²) in [4.78, 5) is 24.2. The van der Waals surface area contributed by atoms with Gasteiger partial charge in [0.05, 0.1) is 0 Å². The van der Waals surface area contributed by atoms with Crippen LogP contribution in [0, 0.1) is 34.5 Å². The molecule has 0 aliphatic carbocycles. The monoisotopic (exact) mass is 382 g/mol. The standard InChI is InChI=1S/C16H15F5O5/c1-14(2)16(5,15(3,4)26-13(23)25-14)12(22)24-11-9(20)7(18)6(17)8(19)10(11)21/h1-5H3. The van der Waals surface area contributed by atoms with Crippen LogP contribution in [0.1, 0.15) is 34.6 Å². The van der Waals surface area contributed by atoms with Crippen molar-refractivity contribution < 1.29 is 45.8 Å². The van der Waals surface area contributed by atoms with Crippen molar-refractivity contribution in [2.24, 2.45) is 5.41 Å². The van der Waals surface area contributed by atoms with Gasteiger partial charge >= 0.3 is 12.1 Å². The van der Waals surface area contributed by atoms with Crippen molar-refractivity contribution in [1.29, 1.82) is 0 Å². The molecule has 0 spiro atoms. The van der Waals surface area contributed by atoms with Gasteiger partial charge in [0.2, 0.25) is 34.8 Å². The largest absolute Gasteiger partial charge is 0.509 e. The summed E-state index contributed by atoms with van der Waals surface area (Å²) in [6.07, 6.45) is -1.10. The molecule has 0 amide bonds. The van der Waals surface area contributed by atoms with Crippen LogP contribution in [0.2, 0.25) is 0 Å². The number of halogens is 5. The molecule has 1 aromatic rings. The van der Waals surface area contributed by atoms with Gasteiger partial charge in [0.15, 0.2) is 0 Å². The van der Waals surface area contributed by atoms with Crippen molar-refractivity contribution in [3.63, 3.8) is 0 Å². The Balaban J connectivity index is 2.55. The number of hydrogen-bond acceptors (Lipinski definition) is 5. The van der Waals surface area contributed by atoms with Crippen molar-refractivity contribution >= 4 is 12.1 Å². The number of ether oxygens (including phenoxy) is 3. The van der Waals surface area contributed by atoms with Gasteiger partial charge in [-0.15, -0.1) is 0 Å². The highest BCUT2D eigenvalue weighted by molar-refractivity contribution is 5.83. The SMILES string of the molecule is CC1(C)OC(=O)OC(C)(C)C1(C)C(=O)Oc1c(F)c(F)c(F)c(F)c1F. The molecule has 5 nitrogen and oxygen atoms in total. The smallest absolute Gasteiger partial charge is 0.427 e. The molecule has 1 fully saturated rings. The topological polar surface area (TPSA) is 61.8 Å². The summed E-state index contributed by atoms with van der Waals surface area (Å²) in [5.41, 5.74) is -5.05. The molecule has 1 heterocycles. The van der Waals surface area contributed by atoms with Gasteiger partial charge in [-0.05, 0) is 34.6 Å². The molecule has 0 unspecified atom stereocenters. The highest BCUT2D eigenvalue weighted by Gasteiger charge is 2.66. The molecular formula is C16H15F5O5. The van der Waals surface area contributed by atoms with E-state index >= 15 is 0 Å². The minimum atomic E-state index is -2.39. The molecule has 0 radical (unpaired) electrons. The molecule has 0 atom stereocenters. The van der Waals surface area contributed by atoms with E-state index in [-0.39, 0.29) is 0 Å². The molecule has 0 bridgehead atoms. The third kappa shape index (κ3) is 2.58. The van der Waals surface area contributed by atoms with Crippen LogP contribution in [0.15, 0.2) is 0 Å². The van der Waals surface area contributed by atoms with E-state index < -0.39 is 63.6 Å². The van der Waals surface area contributed by atoms with E-state index in [1.165, 1.54) is 34.6 Å². The van der Waals surface area contributed by atoms with Gasteiger partial charge in [-0.1, -0.05) is 0 Å².